The molecule has 0 spiro atoms. The number of Topliss-reactive ketones (excluding diaryl/α,β-unsaturated/α-hetero) is 1. The largest absolute Gasteiger partial charge is 0.507 e. The Balaban J connectivity index is 1.89. The summed E-state index contributed by atoms with van der Waals surface area (Å²) in [6, 6.07) is 3.39. The summed E-state index contributed by atoms with van der Waals surface area (Å²) in [6.07, 6.45) is -4.63. The first-order chi connectivity index (χ1) is 14.9. The molecule has 7 nitrogen and oxygen atoms in total. The SMILES string of the molecule is CC(=O)C1CCc2c(O)c3c(c(O)c2C1)C(=O)c1cccc(NC(=O)C(F)(F)F)c1C3=O. The highest BCUT2D eigenvalue weighted by atomic mass is 19.4. The molecule has 0 saturated heterocycles. The fraction of sp³-hybridized carbons (Fsp3) is 0.273. The molecule has 0 aliphatic heterocycles. The van der Waals surface area contributed by atoms with E-state index in [9.17, 15) is 42.6 Å². The predicted octanol–water partition coefficient (Wildman–Crippen LogP) is 3.07. The number of amides is 1. The number of phenolic OH excluding ortho intramolecular Hbond substituents is 2. The van der Waals surface area contributed by atoms with Crippen molar-refractivity contribution in [2.24, 2.45) is 5.92 Å². The van der Waals surface area contributed by atoms with Crippen molar-refractivity contribution in [3.63, 3.8) is 0 Å². The fourth-order valence-corrected chi connectivity index (χ4v) is 4.31. The molecular formula is C22H16F3NO6. The van der Waals surface area contributed by atoms with Crippen LogP contribution in [-0.4, -0.2) is 39.6 Å². The zero-order valence-electron chi connectivity index (χ0n) is 16.6. The highest BCUT2D eigenvalue weighted by Crippen LogP contribution is 2.47. The van der Waals surface area contributed by atoms with E-state index in [-0.39, 0.29) is 35.3 Å². The summed E-state index contributed by atoms with van der Waals surface area (Å²) in [6.45, 7) is 1.40. The maximum atomic E-state index is 13.2. The van der Waals surface area contributed by atoms with Gasteiger partial charge in [0.1, 0.15) is 17.3 Å². The molecule has 1 amide bonds. The van der Waals surface area contributed by atoms with Crippen molar-refractivity contribution in [3.8, 4) is 11.5 Å². The molecule has 0 bridgehead atoms. The second-order valence-corrected chi connectivity index (χ2v) is 7.79. The highest BCUT2D eigenvalue weighted by Gasteiger charge is 2.43. The lowest BCUT2D eigenvalue weighted by molar-refractivity contribution is -0.167. The van der Waals surface area contributed by atoms with E-state index in [1.54, 1.807) is 5.32 Å². The van der Waals surface area contributed by atoms with Crippen molar-refractivity contribution in [2.45, 2.75) is 32.4 Å². The van der Waals surface area contributed by atoms with Gasteiger partial charge in [-0.25, -0.2) is 0 Å². The van der Waals surface area contributed by atoms with Crippen LogP contribution in [0.25, 0.3) is 0 Å². The number of carbonyl (C=O) groups is 4. The van der Waals surface area contributed by atoms with Crippen LogP contribution < -0.4 is 5.32 Å². The van der Waals surface area contributed by atoms with E-state index in [2.05, 4.69) is 0 Å². The fourth-order valence-electron chi connectivity index (χ4n) is 4.31. The highest BCUT2D eigenvalue weighted by molar-refractivity contribution is 6.32. The smallest absolute Gasteiger partial charge is 0.471 e. The maximum absolute atomic E-state index is 13.2. The monoisotopic (exact) mass is 447 g/mol. The maximum Gasteiger partial charge on any atom is 0.471 e. The Hall–Kier alpha value is -3.69. The van der Waals surface area contributed by atoms with Gasteiger partial charge in [-0.3, -0.25) is 19.2 Å². The summed E-state index contributed by atoms with van der Waals surface area (Å²) in [5.74, 6) is -5.86. The number of fused-ring (bicyclic) bond motifs is 3. The third-order valence-corrected chi connectivity index (χ3v) is 5.92. The summed E-state index contributed by atoms with van der Waals surface area (Å²) in [5.41, 5.74) is -1.97. The molecule has 1 atom stereocenters. The van der Waals surface area contributed by atoms with Crippen LogP contribution in [0.1, 0.15) is 56.3 Å². The first kappa shape index (κ1) is 21.5. The number of anilines is 1. The standard InChI is InChI=1S/C22H16F3NO6/c1-8(27)9-5-6-10-12(7-9)19(30)15-16(17(10)28)20(31)14-11(18(15)29)3-2-4-13(14)26-21(32)22(23,24)25/h2-4,9,28,30H,5-7H2,1H3,(H,26,32). The van der Waals surface area contributed by atoms with Crippen molar-refractivity contribution in [1.29, 1.82) is 0 Å². The van der Waals surface area contributed by atoms with Gasteiger partial charge in [0.2, 0.25) is 0 Å². The number of hydrogen-bond acceptors (Lipinski definition) is 6. The van der Waals surface area contributed by atoms with E-state index in [4.69, 9.17) is 0 Å². The number of rotatable bonds is 2. The van der Waals surface area contributed by atoms with Crippen LogP contribution in [0.2, 0.25) is 0 Å². The molecule has 10 heteroatoms. The summed E-state index contributed by atoms with van der Waals surface area (Å²) in [4.78, 5) is 49.6. The summed E-state index contributed by atoms with van der Waals surface area (Å²) >= 11 is 0. The van der Waals surface area contributed by atoms with Gasteiger partial charge in [-0.2, -0.15) is 13.2 Å². The number of nitrogens with one attached hydrogen (secondary N) is 1. The first-order valence-corrected chi connectivity index (χ1v) is 9.64. The van der Waals surface area contributed by atoms with Crippen molar-refractivity contribution in [1.82, 2.24) is 0 Å². The number of aromatic hydroxyl groups is 2. The molecule has 2 aromatic carbocycles. The molecule has 0 radical (unpaired) electrons. The lowest BCUT2D eigenvalue weighted by Crippen LogP contribution is -2.32. The molecule has 0 heterocycles. The number of carbonyl (C=O) groups excluding carboxylic acids is 4. The van der Waals surface area contributed by atoms with Gasteiger partial charge >= 0.3 is 12.1 Å². The molecule has 2 aliphatic rings. The molecule has 32 heavy (non-hydrogen) atoms. The summed E-state index contributed by atoms with van der Waals surface area (Å²) < 4.78 is 38.1. The Kier molecular flexibility index (Phi) is 4.83. The summed E-state index contributed by atoms with van der Waals surface area (Å²) in [5, 5.41) is 23.2. The molecule has 3 N–H and O–H groups in total. The van der Waals surface area contributed by atoms with Gasteiger partial charge in [-0.05, 0) is 32.3 Å². The van der Waals surface area contributed by atoms with Crippen LogP contribution in [-0.2, 0) is 22.4 Å². The number of benzene rings is 2. The molecule has 166 valence electrons. The number of ketones is 3. The van der Waals surface area contributed by atoms with Crippen LogP contribution in [0.4, 0.5) is 18.9 Å². The zero-order valence-corrected chi connectivity index (χ0v) is 16.6. The lowest BCUT2D eigenvalue weighted by Gasteiger charge is -2.29. The average molecular weight is 447 g/mol. The first-order valence-electron chi connectivity index (χ1n) is 9.64. The van der Waals surface area contributed by atoms with Gasteiger partial charge in [0.05, 0.1) is 22.4 Å². The van der Waals surface area contributed by atoms with Crippen molar-refractivity contribution >= 4 is 28.9 Å². The van der Waals surface area contributed by atoms with Gasteiger partial charge in [0.15, 0.2) is 11.6 Å². The van der Waals surface area contributed by atoms with E-state index in [0.29, 0.717) is 6.42 Å². The van der Waals surface area contributed by atoms with Gasteiger partial charge in [-0.1, -0.05) is 12.1 Å². The van der Waals surface area contributed by atoms with Crippen LogP contribution in [0.5, 0.6) is 11.5 Å². The van der Waals surface area contributed by atoms with Crippen LogP contribution in [0.3, 0.4) is 0 Å². The van der Waals surface area contributed by atoms with Gasteiger partial charge in [0.25, 0.3) is 0 Å². The van der Waals surface area contributed by atoms with Crippen molar-refractivity contribution in [3.05, 3.63) is 51.6 Å². The quantitative estimate of drug-likeness (QED) is 0.520. The van der Waals surface area contributed by atoms with Gasteiger partial charge < -0.3 is 15.5 Å². The zero-order chi connectivity index (χ0) is 23.5. The Morgan fingerprint density at radius 1 is 1.00 bits per heavy atom. The molecule has 0 saturated carbocycles. The summed E-state index contributed by atoms with van der Waals surface area (Å²) in [7, 11) is 0. The molecule has 2 aliphatic carbocycles. The van der Waals surface area contributed by atoms with E-state index in [1.807, 2.05) is 0 Å². The van der Waals surface area contributed by atoms with Crippen LogP contribution in [0, 0.1) is 5.92 Å². The molecule has 1 unspecified atom stereocenters. The number of phenols is 2. The van der Waals surface area contributed by atoms with E-state index < -0.39 is 63.4 Å². The normalized spacial score (nSPS) is 17.3. The van der Waals surface area contributed by atoms with Gasteiger partial charge in [-0.15, -0.1) is 0 Å². The van der Waals surface area contributed by atoms with E-state index >= 15 is 0 Å². The Bertz CT molecular complexity index is 1230. The molecule has 4 rings (SSSR count). The number of halogens is 3. The third kappa shape index (κ3) is 3.14. The van der Waals surface area contributed by atoms with E-state index in [1.165, 1.54) is 19.1 Å². The molecule has 0 fully saturated rings. The average Bonchev–Trinajstić information content (AvgIpc) is 2.73. The minimum absolute atomic E-state index is 0.0767. The minimum atomic E-state index is -5.23. The van der Waals surface area contributed by atoms with Crippen molar-refractivity contribution in [2.75, 3.05) is 5.32 Å². The Labute approximate surface area is 178 Å². The molecule has 2 aromatic rings. The third-order valence-electron chi connectivity index (χ3n) is 5.92. The number of alkyl halides is 3. The van der Waals surface area contributed by atoms with Gasteiger partial charge in [0, 0.05) is 22.6 Å². The second kappa shape index (κ2) is 7.18. The molecular weight excluding hydrogens is 431 g/mol. The lowest BCUT2D eigenvalue weighted by atomic mass is 9.75. The molecule has 0 aromatic heterocycles. The topological polar surface area (TPSA) is 121 Å². The minimum Gasteiger partial charge on any atom is -0.507 e. The van der Waals surface area contributed by atoms with E-state index in [0.717, 1.165) is 6.07 Å². The second-order valence-electron chi connectivity index (χ2n) is 7.79. The Morgan fingerprint density at radius 2 is 1.62 bits per heavy atom. The Morgan fingerprint density at radius 3 is 2.25 bits per heavy atom. The van der Waals surface area contributed by atoms with Crippen LogP contribution >= 0.6 is 0 Å². The van der Waals surface area contributed by atoms with Crippen LogP contribution in [0.15, 0.2) is 18.2 Å². The van der Waals surface area contributed by atoms with Crippen molar-refractivity contribution < 1.29 is 42.6 Å². The predicted molar refractivity (Wildman–Crippen MR) is 104 cm³/mol. The number of hydrogen-bond donors (Lipinski definition) is 3.